The second-order valence-corrected chi connectivity index (χ2v) is 11.8. The Hall–Kier alpha value is -3.90. The highest BCUT2D eigenvalue weighted by molar-refractivity contribution is 6.06. The monoisotopic (exact) mass is 535 g/mol. The van der Waals surface area contributed by atoms with Gasteiger partial charge in [-0.25, -0.2) is 4.79 Å². The maximum absolute atomic E-state index is 13.4. The van der Waals surface area contributed by atoms with Crippen molar-refractivity contribution in [2.24, 2.45) is 5.92 Å². The lowest BCUT2D eigenvalue weighted by Crippen LogP contribution is -2.55. The Morgan fingerprint density at radius 2 is 1.82 bits per heavy atom. The van der Waals surface area contributed by atoms with Gasteiger partial charge in [0.05, 0.1) is 23.8 Å². The third-order valence-corrected chi connectivity index (χ3v) is 9.51. The molecule has 3 heterocycles. The van der Waals surface area contributed by atoms with E-state index in [1.807, 2.05) is 36.9 Å². The lowest BCUT2D eigenvalue weighted by atomic mass is 9.71. The lowest BCUT2D eigenvalue weighted by Gasteiger charge is -2.47. The molecule has 2 aliphatic rings. The first-order valence-electron chi connectivity index (χ1n) is 14.3. The average molecular weight is 536 g/mol. The molecule has 2 atom stereocenters. The summed E-state index contributed by atoms with van der Waals surface area (Å²) in [7, 11) is 0. The van der Waals surface area contributed by atoms with Crippen LogP contribution in [0.3, 0.4) is 0 Å². The van der Waals surface area contributed by atoms with Crippen LogP contribution in [0.5, 0.6) is 0 Å². The molecule has 0 unspecified atom stereocenters. The van der Waals surface area contributed by atoms with Gasteiger partial charge in [0, 0.05) is 40.9 Å². The van der Waals surface area contributed by atoms with Gasteiger partial charge in [-0.1, -0.05) is 49.2 Å². The van der Waals surface area contributed by atoms with Crippen LogP contribution in [0.25, 0.3) is 43.8 Å². The number of likely N-dealkylation sites (tertiary alicyclic amines) is 1. The molecule has 40 heavy (non-hydrogen) atoms. The molecule has 204 valence electrons. The van der Waals surface area contributed by atoms with E-state index in [2.05, 4.69) is 30.3 Å². The third kappa shape index (κ3) is 3.96. The molecule has 6 nitrogen and oxygen atoms in total. The number of carbonyl (C=O) groups excluding carboxylic acids is 1. The summed E-state index contributed by atoms with van der Waals surface area (Å²) in [6, 6.07) is 16.7. The number of nitrogens with zero attached hydrogens (tertiary/aromatic N) is 1. The Morgan fingerprint density at radius 3 is 2.67 bits per heavy atom. The second-order valence-electron chi connectivity index (χ2n) is 11.8. The number of hydrogen-bond acceptors (Lipinski definition) is 5. The summed E-state index contributed by atoms with van der Waals surface area (Å²) in [6.07, 6.45) is 6.25. The number of piperidine rings is 1. The molecule has 0 bridgehead atoms. The zero-order chi connectivity index (χ0) is 27.6. The number of amides is 1. The normalized spacial score (nSPS) is 21.3. The van der Waals surface area contributed by atoms with Crippen LogP contribution < -0.4 is 5.63 Å². The van der Waals surface area contributed by atoms with Crippen molar-refractivity contribution in [1.82, 2.24) is 4.90 Å². The average Bonchev–Trinajstić information content (AvgIpc) is 3.39. The summed E-state index contributed by atoms with van der Waals surface area (Å²) >= 11 is 0. The molecule has 1 aliphatic carbocycles. The van der Waals surface area contributed by atoms with Crippen LogP contribution in [0.1, 0.15) is 48.8 Å². The zero-order valence-corrected chi connectivity index (χ0v) is 23.0. The van der Waals surface area contributed by atoms with E-state index in [0.29, 0.717) is 36.2 Å². The number of hydrogen-bond donors (Lipinski definition) is 1. The first kappa shape index (κ1) is 25.1. The minimum Gasteiger partial charge on any atom is -0.463 e. The maximum Gasteiger partial charge on any atom is 0.340 e. The molecule has 6 heteroatoms. The minimum atomic E-state index is -0.650. The molecule has 1 N–H and O–H groups in total. The molecule has 0 radical (unpaired) electrons. The molecule has 1 aliphatic heterocycles. The van der Waals surface area contributed by atoms with Crippen molar-refractivity contribution in [2.75, 3.05) is 13.1 Å². The maximum atomic E-state index is 13.4. The van der Waals surface area contributed by atoms with Crippen molar-refractivity contribution in [1.29, 1.82) is 0 Å². The van der Waals surface area contributed by atoms with Gasteiger partial charge in [-0.15, -0.1) is 0 Å². The number of carbonyl (C=O) groups is 1. The molecule has 0 spiro atoms. The molecule has 1 saturated carbocycles. The van der Waals surface area contributed by atoms with Crippen LogP contribution in [0.15, 0.2) is 68.4 Å². The first-order valence-corrected chi connectivity index (χ1v) is 14.3. The van der Waals surface area contributed by atoms with Crippen LogP contribution in [-0.4, -0.2) is 34.6 Å². The fraction of sp³-hybridized carbons (Fsp3) is 0.353. The number of aryl methyl sites for hydroxylation is 2. The molecule has 3 aromatic carbocycles. The van der Waals surface area contributed by atoms with Crippen molar-refractivity contribution < 1.29 is 18.7 Å². The van der Waals surface area contributed by atoms with Crippen LogP contribution in [0, 0.1) is 19.8 Å². The second kappa shape index (κ2) is 9.34. The fourth-order valence-corrected chi connectivity index (χ4v) is 7.04. The minimum absolute atomic E-state index is 0.00470. The summed E-state index contributed by atoms with van der Waals surface area (Å²) in [5.74, 6) is 0.0268. The molecule has 2 fully saturated rings. The fourth-order valence-electron chi connectivity index (χ4n) is 7.04. The first-order chi connectivity index (χ1) is 19.3. The van der Waals surface area contributed by atoms with Crippen molar-refractivity contribution in [3.8, 4) is 11.1 Å². The van der Waals surface area contributed by atoms with E-state index < -0.39 is 11.2 Å². The summed E-state index contributed by atoms with van der Waals surface area (Å²) in [5, 5.41) is 15.1. The van der Waals surface area contributed by atoms with Gasteiger partial charge in [0.2, 0.25) is 5.91 Å². The number of benzene rings is 3. The Balaban J connectivity index is 1.26. The van der Waals surface area contributed by atoms with E-state index in [4.69, 9.17) is 8.83 Å². The van der Waals surface area contributed by atoms with E-state index in [9.17, 15) is 14.7 Å². The summed E-state index contributed by atoms with van der Waals surface area (Å²) in [6.45, 7) is 4.88. The van der Waals surface area contributed by atoms with Crippen LogP contribution in [-0.2, 0) is 11.2 Å². The predicted molar refractivity (Wildman–Crippen MR) is 156 cm³/mol. The molecular formula is C34H33NO5. The van der Waals surface area contributed by atoms with Crippen LogP contribution in [0.2, 0.25) is 0 Å². The van der Waals surface area contributed by atoms with E-state index in [0.717, 1.165) is 64.1 Å². The number of fused-ring (bicyclic) bond motifs is 4. The zero-order valence-electron chi connectivity index (χ0n) is 23.0. The van der Waals surface area contributed by atoms with Gasteiger partial charge >= 0.3 is 5.63 Å². The highest BCUT2D eigenvalue weighted by Crippen LogP contribution is 2.41. The van der Waals surface area contributed by atoms with Gasteiger partial charge < -0.3 is 18.8 Å². The van der Waals surface area contributed by atoms with Gasteiger partial charge in [0.1, 0.15) is 11.2 Å². The largest absolute Gasteiger partial charge is 0.463 e. The van der Waals surface area contributed by atoms with Crippen LogP contribution >= 0.6 is 0 Å². The highest BCUT2D eigenvalue weighted by Gasteiger charge is 2.43. The van der Waals surface area contributed by atoms with Gasteiger partial charge in [-0.05, 0) is 67.1 Å². The lowest BCUT2D eigenvalue weighted by molar-refractivity contribution is -0.142. The predicted octanol–water partition coefficient (Wildman–Crippen LogP) is 6.67. The third-order valence-electron chi connectivity index (χ3n) is 9.51. The Labute approximate surface area is 232 Å². The number of furan rings is 1. The Bertz CT molecular complexity index is 1860. The molecule has 5 aromatic rings. The van der Waals surface area contributed by atoms with Gasteiger partial charge in [0.15, 0.2) is 0 Å². The summed E-state index contributed by atoms with van der Waals surface area (Å²) in [4.78, 5) is 28.4. The van der Waals surface area contributed by atoms with E-state index in [1.165, 1.54) is 5.39 Å². The summed E-state index contributed by atoms with van der Waals surface area (Å²) < 4.78 is 11.9. The Kier molecular flexibility index (Phi) is 5.86. The molecule has 1 saturated heterocycles. The topological polar surface area (TPSA) is 83.9 Å². The molecule has 1 amide bonds. The van der Waals surface area contributed by atoms with E-state index in [-0.39, 0.29) is 18.2 Å². The van der Waals surface area contributed by atoms with Crippen molar-refractivity contribution in [2.45, 2.75) is 58.0 Å². The van der Waals surface area contributed by atoms with Gasteiger partial charge in [-0.3, -0.25) is 4.79 Å². The van der Waals surface area contributed by atoms with E-state index >= 15 is 0 Å². The molecule has 2 aromatic heterocycles. The van der Waals surface area contributed by atoms with Crippen LogP contribution in [0.4, 0.5) is 0 Å². The van der Waals surface area contributed by atoms with Gasteiger partial charge in [0.25, 0.3) is 0 Å². The van der Waals surface area contributed by atoms with E-state index in [1.54, 1.807) is 6.26 Å². The standard InChI is InChI=1S/C34H33NO5/c1-20-26-16-28-29(24-11-10-22-7-3-4-8-23(22)15-24)19-39-31(28)21(2)32(26)40-33(37)27(20)17-30(36)35-14-13-34(38)12-6-5-9-25(34)18-35/h3-4,7-8,10-11,15-16,19,25,38H,5-6,9,12-14,17-18H2,1-2H3/t25-,34+/m1/s1. The highest BCUT2D eigenvalue weighted by atomic mass is 16.4. The Morgan fingerprint density at radius 1 is 1.00 bits per heavy atom. The molecule has 7 rings (SSSR count). The SMILES string of the molecule is Cc1c(CC(=O)N2CC[C@@]3(O)CCCC[C@@H]3C2)c(=O)oc2c(C)c3occ(-c4ccc5ccccc5c4)c3cc12. The van der Waals surface area contributed by atoms with Gasteiger partial charge in [-0.2, -0.15) is 0 Å². The van der Waals surface area contributed by atoms with Crippen molar-refractivity contribution in [3.05, 3.63) is 81.9 Å². The quantitative estimate of drug-likeness (QED) is 0.261. The number of aliphatic hydroxyl groups is 1. The smallest absolute Gasteiger partial charge is 0.340 e. The summed E-state index contributed by atoms with van der Waals surface area (Å²) in [5.41, 5.74) is 4.02. The molecular weight excluding hydrogens is 502 g/mol. The van der Waals surface area contributed by atoms with Crippen molar-refractivity contribution in [3.63, 3.8) is 0 Å². The number of rotatable bonds is 3. The van der Waals surface area contributed by atoms with Crippen molar-refractivity contribution >= 4 is 38.6 Å².